The van der Waals surface area contributed by atoms with Gasteiger partial charge in [-0.25, -0.2) is 0 Å². The highest BCUT2D eigenvalue weighted by Crippen LogP contribution is 2.12. The fourth-order valence-electron chi connectivity index (χ4n) is 2.06. The summed E-state index contributed by atoms with van der Waals surface area (Å²) in [7, 11) is -1.13. The van der Waals surface area contributed by atoms with E-state index in [9.17, 15) is 9.00 Å². The van der Waals surface area contributed by atoms with Crippen molar-refractivity contribution in [3.63, 3.8) is 0 Å². The average molecular weight is 336 g/mol. The minimum Gasteiger partial charge on any atom is -0.355 e. The van der Waals surface area contributed by atoms with Crippen molar-refractivity contribution in [3.05, 3.63) is 64.7 Å². The Kier molecular flexibility index (Phi) is 6.16. The smallest absolute Gasteiger partial charge is 0.224 e. The molecule has 2 aromatic rings. The molecule has 5 heteroatoms. The van der Waals surface area contributed by atoms with Crippen LogP contribution in [0.3, 0.4) is 0 Å². The van der Waals surface area contributed by atoms with E-state index in [0.29, 0.717) is 23.7 Å². The van der Waals surface area contributed by atoms with Crippen LogP contribution >= 0.6 is 11.6 Å². The largest absolute Gasteiger partial charge is 0.355 e. The fourth-order valence-corrected chi connectivity index (χ4v) is 3.15. The molecule has 0 aliphatic carbocycles. The highest BCUT2D eigenvalue weighted by molar-refractivity contribution is 7.85. The molecule has 22 heavy (non-hydrogen) atoms. The third kappa shape index (κ3) is 5.28. The molecule has 1 atom stereocenters. The number of halogens is 1. The standard InChI is InChI=1S/C17H18ClNO2S/c1-13-3-2-4-14(11-13)12-17(20)19-9-10-22(21)16-7-5-15(18)6-8-16/h2-8,11H,9-10,12H2,1H3,(H,19,20)/t22-/m0/s1. The second kappa shape index (κ2) is 8.11. The van der Waals surface area contributed by atoms with Gasteiger partial charge < -0.3 is 5.32 Å². The normalized spacial score (nSPS) is 11.9. The molecular weight excluding hydrogens is 318 g/mol. The highest BCUT2D eigenvalue weighted by atomic mass is 35.5. The fraction of sp³-hybridized carbons (Fsp3) is 0.235. The first kappa shape index (κ1) is 16.7. The number of nitrogens with one attached hydrogen (secondary N) is 1. The molecule has 0 saturated heterocycles. The molecule has 0 aliphatic rings. The summed E-state index contributed by atoms with van der Waals surface area (Å²) in [6.07, 6.45) is 0.343. The number of carbonyl (C=O) groups excluding carboxylic acids is 1. The maximum absolute atomic E-state index is 12.1. The van der Waals surface area contributed by atoms with Crippen molar-refractivity contribution in [3.8, 4) is 0 Å². The van der Waals surface area contributed by atoms with E-state index in [-0.39, 0.29) is 5.91 Å². The van der Waals surface area contributed by atoms with Gasteiger partial charge in [-0.15, -0.1) is 0 Å². The number of hydrogen-bond donors (Lipinski definition) is 1. The molecule has 0 heterocycles. The first-order valence-electron chi connectivity index (χ1n) is 7.01. The Hall–Kier alpha value is -1.65. The highest BCUT2D eigenvalue weighted by Gasteiger charge is 2.06. The van der Waals surface area contributed by atoms with E-state index in [4.69, 9.17) is 11.6 Å². The Morgan fingerprint density at radius 1 is 1.18 bits per heavy atom. The minimum atomic E-state index is -1.13. The van der Waals surface area contributed by atoms with E-state index in [2.05, 4.69) is 5.32 Å². The molecule has 0 aliphatic heterocycles. The zero-order valence-electron chi connectivity index (χ0n) is 12.3. The molecule has 2 rings (SSSR count). The molecule has 0 spiro atoms. The second-order valence-electron chi connectivity index (χ2n) is 5.02. The van der Waals surface area contributed by atoms with Crippen LogP contribution in [0, 0.1) is 6.92 Å². The van der Waals surface area contributed by atoms with Crippen LogP contribution in [-0.4, -0.2) is 22.4 Å². The third-order valence-electron chi connectivity index (χ3n) is 3.13. The predicted molar refractivity (Wildman–Crippen MR) is 90.6 cm³/mol. The summed E-state index contributed by atoms with van der Waals surface area (Å²) in [6, 6.07) is 14.8. The zero-order valence-corrected chi connectivity index (χ0v) is 13.9. The monoisotopic (exact) mass is 335 g/mol. The van der Waals surface area contributed by atoms with Crippen LogP contribution in [0.15, 0.2) is 53.4 Å². The average Bonchev–Trinajstić information content (AvgIpc) is 2.47. The number of carbonyl (C=O) groups is 1. The number of rotatable bonds is 6. The lowest BCUT2D eigenvalue weighted by molar-refractivity contribution is -0.120. The maximum atomic E-state index is 12.1. The van der Waals surface area contributed by atoms with Gasteiger partial charge in [0.05, 0.1) is 17.2 Å². The Bertz CT molecular complexity index is 671. The van der Waals surface area contributed by atoms with Gasteiger partial charge in [0, 0.05) is 22.2 Å². The van der Waals surface area contributed by atoms with Crippen molar-refractivity contribution < 1.29 is 9.00 Å². The molecule has 3 nitrogen and oxygen atoms in total. The van der Waals surface area contributed by atoms with E-state index >= 15 is 0 Å². The summed E-state index contributed by atoms with van der Waals surface area (Å²) < 4.78 is 12.1. The van der Waals surface area contributed by atoms with Gasteiger partial charge in [0.25, 0.3) is 0 Å². The third-order valence-corrected chi connectivity index (χ3v) is 4.76. The Morgan fingerprint density at radius 3 is 2.59 bits per heavy atom. The van der Waals surface area contributed by atoms with E-state index in [1.54, 1.807) is 24.3 Å². The number of hydrogen-bond acceptors (Lipinski definition) is 2. The van der Waals surface area contributed by atoms with Crippen molar-refractivity contribution in [2.45, 2.75) is 18.2 Å². The molecule has 0 radical (unpaired) electrons. The summed E-state index contributed by atoms with van der Waals surface area (Å²) >= 11 is 5.79. The molecule has 0 unspecified atom stereocenters. The lowest BCUT2D eigenvalue weighted by Crippen LogP contribution is -2.29. The van der Waals surface area contributed by atoms with Gasteiger partial charge >= 0.3 is 0 Å². The van der Waals surface area contributed by atoms with Crippen molar-refractivity contribution >= 4 is 28.3 Å². The van der Waals surface area contributed by atoms with E-state index in [1.165, 1.54) is 0 Å². The first-order chi connectivity index (χ1) is 10.5. The SMILES string of the molecule is Cc1cccc(CC(=O)NCC[S@](=O)c2ccc(Cl)cc2)c1. The molecular formula is C17H18ClNO2S. The van der Waals surface area contributed by atoms with Crippen molar-refractivity contribution in [1.29, 1.82) is 0 Å². The first-order valence-corrected chi connectivity index (χ1v) is 8.70. The van der Waals surface area contributed by atoms with Crippen LogP contribution in [0.4, 0.5) is 0 Å². The minimum absolute atomic E-state index is 0.0568. The van der Waals surface area contributed by atoms with Gasteiger partial charge in [-0.05, 0) is 36.8 Å². The second-order valence-corrected chi connectivity index (χ2v) is 7.03. The van der Waals surface area contributed by atoms with Crippen LogP contribution in [0.5, 0.6) is 0 Å². The number of benzene rings is 2. The van der Waals surface area contributed by atoms with Gasteiger partial charge in [-0.2, -0.15) is 0 Å². The molecule has 0 aromatic heterocycles. The molecule has 1 N–H and O–H groups in total. The van der Waals surface area contributed by atoms with Crippen LogP contribution in [0.1, 0.15) is 11.1 Å². The molecule has 2 aromatic carbocycles. The molecule has 0 fully saturated rings. The molecule has 116 valence electrons. The van der Waals surface area contributed by atoms with E-state index in [0.717, 1.165) is 16.0 Å². The number of amides is 1. The van der Waals surface area contributed by atoms with Crippen molar-refractivity contribution in [1.82, 2.24) is 5.32 Å². The summed E-state index contributed by atoms with van der Waals surface area (Å²) in [6.45, 7) is 2.39. The number of aryl methyl sites for hydroxylation is 1. The Balaban J connectivity index is 1.77. The van der Waals surface area contributed by atoms with Gasteiger partial charge in [-0.3, -0.25) is 9.00 Å². The lowest BCUT2D eigenvalue weighted by Gasteiger charge is -2.06. The van der Waals surface area contributed by atoms with Crippen LogP contribution in [0.25, 0.3) is 0 Å². The quantitative estimate of drug-likeness (QED) is 0.881. The maximum Gasteiger partial charge on any atom is 0.224 e. The summed E-state index contributed by atoms with van der Waals surface area (Å²) in [5.74, 6) is 0.333. The lowest BCUT2D eigenvalue weighted by atomic mass is 10.1. The van der Waals surface area contributed by atoms with Gasteiger partial charge in [-0.1, -0.05) is 41.4 Å². The van der Waals surface area contributed by atoms with Crippen molar-refractivity contribution in [2.24, 2.45) is 0 Å². The van der Waals surface area contributed by atoms with Gasteiger partial charge in [0.15, 0.2) is 0 Å². The zero-order chi connectivity index (χ0) is 15.9. The van der Waals surface area contributed by atoms with Crippen LogP contribution in [0.2, 0.25) is 5.02 Å². The van der Waals surface area contributed by atoms with Crippen LogP contribution in [-0.2, 0) is 22.0 Å². The van der Waals surface area contributed by atoms with E-state index in [1.807, 2.05) is 31.2 Å². The predicted octanol–water partition coefficient (Wildman–Crippen LogP) is 3.11. The van der Waals surface area contributed by atoms with E-state index < -0.39 is 10.8 Å². The molecule has 0 saturated carbocycles. The summed E-state index contributed by atoms with van der Waals surface area (Å²) in [5.41, 5.74) is 2.12. The van der Waals surface area contributed by atoms with Gasteiger partial charge in [0.2, 0.25) is 5.91 Å². The Morgan fingerprint density at radius 2 is 1.91 bits per heavy atom. The van der Waals surface area contributed by atoms with Crippen LogP contribution < -0.4 is 5.32 Å². The summed E-state index contributed by atoms with van der Waals surface area (Å²) in [5, 5.41) is 3.42. The van der Waals surface area contributed by atoms with Crippen molar-refractivity contribution in [2.75, 3.05) is 12.3 Å². The van der Waals surface area contributed by atoms with Gasteiger partial charge in [0.1, 0.15) is 0 Å². The molecule has 1 amide bonds. The Labute approximate surface area is 138 Å². The summed E-state index contributed by atoms with van der Waals surface area (Å²) in [4.78, 5) is 12.6. The molecule has 0 bridgehead atoms. The topological polar surface area (TPSA) is 46.2 Å².